The topological polar surface area (TPSA) is 82.6 Å². The van der Waals surface area contributed by atoms with E-state index in [2.05, 4.69) is 4.98 Å². The Morgan fingerprint density at radius 2 is 1.63 bits per heavy atom. The summed E-state index contributed by atoms with van der Waals surface area (Å²) in [4.78, 5) is 28.2. The number of H-pyrrole nitrogens is 1. The predicted molar refractivity (Wildman–Crippen MR) is 131 cm³/mol. The van der Waals surface area contributed by atoms with Crippen molar-refractivity contribution in [2.75, 3.05) is 21.3 Å². The van der Waals surface area contributed by atoms with Gasteiger partial charge in [-0.1, -0.05) is 18.2 Å². The lowest BCUT2D eigenvalue weighted by Crippen LogP contribution is -2.14. The highest BCUT2D eigenvalue weighted by Gasteiger charge is 2.13. The molecule has 0 unspecified atom stereocenters. The van der Waals surface area contributed by atoms with E-state index in [4.69, 9.17) is 14.2 Å². The average molecular weight is 474 g/mol. The summed E-state index contributed by atoms with van der Waals surface area (Å²) in [6.45, 7) is 0. The molecule has 3 aromatic carbocycles. The van der Waals surface area contributed by atoms with Crippen LogP contribution in [0.25, 0.3) is 23.0 Å². The molecule has 35 heavy (non-hydrogen) atoms. The van der Waals surface area contributed by atoms with E-state index in [1.165, 1.54) is 44.1 Å². The zero-order valence-corrected chi connectivity index (χ0v) is 19.4. The number of halogens is 1. The summed E-state index contributed by atoms with van der Waals surface area (Å²) in [6, 6.07) is 16.0. The van der Waals surface area contributed by atoms with Crippen LogP contribution in [0.15, 0.2) is 77.7 Å². The van der Waals surface area contributed by atoms with Gasteiger partial charge in [0.05, 0.1) is 32.7 Å². The molecule has 1 heterocycles. The molecule has 4 aromatic rings. The van der Waals surface area contributed by atoms with Crippen molar-refractivity contribution >= 4 is 11.9 Å². The molecule has 7 nitrogen and oxygen atoms in total. The van der Waals surface area contributed by atoms with Crippen molar-refractivity contribution in [2.24, 2.45) is 0 Å². The summed E-state index contributed by atoms with van der Waals surface area (Å²) in [7, 11) is 4.56. The van der Waals surface area contributed by atoms with Gasteiger partial charge >= 0.3 is 5.69 Å². The molecule has 0 bridgehead atoms. The highest BCUT2D eigenvalue weighted by atomic mass is 19.1. The quantitative estimate of drug-likeness (QED) is 0.290. The van der Waals surface area contributed by atoms with Gasteiger partial charge in [0.25, 0.3) is 0 Å². The van der Waals surface area contributed by atoms with Crippen LogP contribution >= 0.6 is 0 Å². The van der Waals surface area contributed by atoms with Crippen LogP contribution in [0.5, 0.6) is 17.2 Å². The van der Waals surface area contributed by atoms with E-state index in [9.17, 15) is 14.0 Å². The molecule has 178 valence electrons. The van der Waals surface area contributed by atoms with Gasteiger partial charge in [-0.15, -0.1) is 0 Å². The normalized spacial score (nSPS) is 11.0. The Bertz CT molecular complexity index is 1430. The third-order valence-electron chi connectivity index (χ3n) is 5.40. The predicted octanol–water partition coefficient (Wildman–Crippen LogP) is 4.89. The Morgan fingerprint density at radius 3 is 2.26 bits per heavy atom. The van der Waals surface area contributed by atoms with Gasteiger partial charge in [-0.05, 0) is 65.7 Å². The fourth-order valence-electron chi connectivity index (χ4n) is 3.64. The fraction of sp³-hybridized carbons (Fsp3) is 0.111. The number of ether oxygens (including phenoxy) is 3. The molecule has 1 N–H and O–H groups in total. The van der Waals surface area contributed by atoms with E-state index in [0.717, 1.165) is 0 Å². The number of allylic oxidation sites excluding steroid dienone is 1. The van der Waals surface area contributed by atoms with Crippen LogP contribution in [0.4, 0.5) is 4.39 Å². The molecule has 0 fully saturated rings. The summed E-state index contributed by atoms with van der Waals surface area (Å²) in [5, 5.41) is 0. The van der Waals surface area contributed by atoms with Crippen molar-refractivity contribution < 1.29 is 23.4 Å². The number of aromatic amines is 1. The smallest absolute Gasteiger partial charge is 0.330 e. The van der Waals surface area contributed by atoms with E-state index in [-0.39, 0.29) is 17.3 Å². The highest BCUT2D eigenvalue weighted by molar-refractivity contribution is 6.07. The standard InChI is InChI=1S/C27H23FN2O5/c1-33-24-13-17(14-25(34-2)26(24)35-3)7-12-23(31)19-5-4-6-21(15-19)30-16-22(29-27(30)32)18-8-10-20(28)11-9-18/h4-16H,1-3H3,(H,29,32). The van der Waals surface area contributed by atoms with Crippen molar-refractivity contribution in [3.8, 4) is 34.2 Å². The number of hydrogen-bond acceptors (Lipinski definition) is 5. The Hall–Kier alpha value is -4.59. The van der Waals surface area contributed by atoms with Gasteiger partial charge in [0.1, 0.15) is 5.82 Å². The van der Waals surface area contributed by atoms with Crippen LogP contribution < -0.4 is 19.9 Å². The zero-order chi connectivity index (χ0) is 24.9. The molecule has 8 heteroatoms. The van der Waals surface area contributed by atoms with Crippen LogP contribution in [0.3, 0.4) is 0 Å². The first-order chi connectivity index (χ1) is 16.9. The lowest BCUT2D eigenvalue weighted by Gasteiger charge is -2.12. The summed E-state index contributed by atoms with van der Waals surface area (Å²) >= 11 is 0. The minimum atomic E-state index is -0.373. The Morgan fingerprint density at radius 1 is 0.943 bits per heavy atom. The minimum absolute atomic E-state index is 0.247. The molecule has 0 aliphatic rings. The van der Waals surface area contributed by atoms with E-state index in [0.29, 0.717) is 45.3 Å². The van der Waals surface area contributed by atoms with Crippen LogP contribution in [0.2, 0.25) is 0 Å². The molecule has 0 radical (unpaired) electrons. The number of nitrogens with one attached hydrogen (secondary N) is 1. The van der Waals surface area contributed by atoms with E-state index in [1.54, 1.807) is 60.8 Å². The van der Waals surface area contributed by atoms with E-state index in [1.807, 2.05) is 0 Å². The first kappa shape index (κ1) is 23.6. The van der Waals surface area contributed by atoms with Crippen molar-refractivity contribution in [3.05, 3.63) is 100 Å². The van der Waals surface area contributed by atoms with Crippen molar-refractivity contribution in [1.29, 1.82) is 0 Å². The second-order valence-electron chi connectivity index (χ2n) is 7.56. The molecule has 0 aliphatic carbocycles. The van der Waals surface area contributed by atoms with Crippen LogP contribution in [0, 0.1) is 5.82 Å². The number of rotatable bonds is 8. The maximum atomic E-state index is 13.2. The number of aromatic nitrogens is 2. The second-order valence-corrected chi connectivity index (χ2v) is 7.56. The summed E-state index contributed by atoms with van der Waals surface area (Å²) in [6.07, 6.45) is 4.70. The van der Waals surface area contributed by atoms with E-state index >= 15 is 0 Å². The van der Waals surface area contributed by atoms with Crippen molar-refractivity contribution in [2.45, 2.75) is 0 Å². The Kier molecular flexibility index (Phi) is 6.82. The molecule has 4 rings (SSSR count). The number of carbonyl (C=O) groups is 1. The molecular weight excluding hydrogens is 451 g/mol. The van der Waals surface area contributed by atoms with E-state index < -0.39 is 0 Å². The van der Waals surface area contributed by atoms with Gasteiger partial charge in [0, 0.05) is 11.8 Å². The second kappa shape index (κ2) is 10.1. The van der Waals surface area contributed by atoms with Gasteiger partial charge in [0.15, 0.2) is 17.3 Å². The summed E-state index contributed by atoms with van der Waals surface area (Å²) in [5.41, 5.74) is 2.45. The highest BCUT2D eigenvalue weighted by Crippen LogP contribution is 2.38. The average Bonchev–Trinajstić information content (AvgIpc) is 3.28. The number of nitrogens with zero attached hydrogens (tertiary/aromatic N) is 1. The molecule has 0 aliphatic heterocycles. The van der Waals surface area contributed by atoms with Crippen molar-refractivity contribution in [1.82, 2.24) is 9.55 Å². The van der Waals surface area contributed by atoms with Crippen molar-refractivity contribution in [3.63, 3.8) is 0 Å². The lowest BCUT2D eigenvalue weighted by atomic mass is 10.1. The molecule has 0 amide bonds. The Labute approximate surface area is 201 Å². The Balaban J connectivity index is 1.60. The fourth-order valence-corrected chi connectivity index (χ4v) is 3.64. The largest absolute Gasteiger partial charge is 0.493 e. The number of hydrogen-bond donors (Lipinski definition) is 1. The monoisotopic (exact) mass is 474 g/mol. The molecule has 0 saturated heterocycles. The first-order valence-corrected chi connectivity index (χ1v) is 10.6. The lowest BCUT2D eigenvalue weighted by molar-refractivity contribution is 0.104. The third kappa shape index (κ3) is 5.01. The van der Waals surface area contributed by atoms with Crippen LogP contribution in [0.1, 0.15) is 15.9 Å². The maximum absolute atomic E-state index is 13.2. The van der Waals surface area contributed by atoms with Gasteiger partial charge in [-0.25, -0.2) is 9.18 Å². The number of ketones is 1. The number of benzene rings is 3. The van der Waals surface area contributed by atoms with Crippen LogP contribution in [-0.2, 0) is 0 Å². The molecule has 0 saturated carbocycles. The molecule has 0 atom stereocenters. The van der Waals surface area contributed by atoms with Gasteiger partial charge < -0.3 is 19.2 Å². The first-order valence-electron chi connectivity index (χ1n) is 10.6. The summed E-state index contributed by atoms with van der Waals surface area (Å²) < 4.78 is 30.6. The van der Waals surface area contributed by atoms with Crippen LogP contribution in [-0.4, -0.2) is 36.7 Å². The zero-order valence-electron chi connectivity index (χ0n) is 19.4. The number of carbonyl (C=O) groups excluding carboxylic acids is 1. The van der Waals surface area contributed by atoms with Gasteiger partial charge in [0.2, 0.25) is 5.75 Å². The molecular formula is C27H23FN2O5. The minimum Gasteiger partial charge on any atom is -0.493 e. The van der Waals surface area contributed by atoms with Gasteiger partial charge in [-0.2, -0.15) is 0 Å². The summed E-state index contributed by atoms with van der Waals surface area (Å²) in [5.74, 6) is 0.807. The number of imidazole rings is 1. The maximum Gasteiger partial charge on any atom is 0.330 e. The number of methoxy groups -OCH3 is 3. The molecule has 0 spiro atoms. The van der Waals surface area contributed by atoms with Gasteiger partial charge in [-0.3, -0.25) is 9.36 Å². The SMILES string of the molecule is COc1cc(C=CC(=O)c2cccc(-n3cc(-c4ccc(F)cc4)[nH]c3=O)c2)cc(OC)c1OC. The molecule has 1 aromatic heterocycles. The third-order valence-corrected chi connectivity index (χ3v) is 5.40.